The van der Waals surface area contributed by atoms with Crippen LogP contribution in [0.2, 0.25) is 0 Å². The number of nitrogens with zero attached hydrogens (tertiary/aromatic N) is 1. The summed E-state index contributed by atoms with van der Waals surface area (Å²) < 4.78 is 4.97. The van der Waals surface area contributed by atoms with E-state index in [4.69, 9.17) is 4.74 Å². The van der Waals surface area contributed by atoms with Crippen LogP contribution < -0.4 is 5.32 Å². The number of para-hydroxylation sites is 1. The molecule has 4 heteroatoms. The quantitative estimate of drug-likeness (QED) is 0.651. The van der Waals surface area contributed by atoms with Gasteiger partial charge in [0.25, 0.3) is 0 Å². The number of fused-ring (bicyclic) bond motifs is 1. The van der Waals surface area contributed by atoms with Crippen LogP contribution >= 0.6 is 0 Å². The Morgan fingerprint density at radius 1 is 1.56 bits per heavy atom. The second-order valence-electron chi connectivity index (χ2n) is 4.10. The highest BCUT2D eigenvalue weighted by Crippen LogP contribution is 2.17. The molecular weight excluding hydrogens is 228 g/mol. The first kappa shape index (κ1) is 12.4. The molecule has 0 bridgehead atoms. The largest absolute Gasteiger partial charge is 0.461 e. The van der Waals surface area contributed by atoms with Crippen LogP contribution in [0, 0.1) is 0 Å². The Bertz CT molecular complexity index is 469. The van der Waals surface area contributed by atoms with Crippen LogP contribution in [0.25, 0.3) is 0 Å². The molecule has 1 aliphatic rings. The molecule has 18 heavy (non-hydrogen) atoms. The summed E-state index contributed by atoms with van der Waals surface area (Å²) in [5.74, 6) is -0.234. The van der Waals surface area contributed by atoms with Gasteiger partial charge in [-0.15, -0.1) is 0 Å². The number of rotatable bonds is 4. The zero-order valence-corrected chi connectivity index (χ0v) is 10.1. The molecule has 0 amide bonds. The molecule has 1 aromatic carbocycles. The number of hydrogen-bond donors (Lipinski definition) is 1. The maximum absolute atomic E-state index is 11.5. The number of nitrogens with one attached hydrogen (secondary N) is 1. The first-order valence-corrected chi connectivity index (χ1v) is 5.91. The molecule has 1 N–H and O–H groups in total. The number of esters is 1. The normalized spacial score (nSPS) is 17.2. The van der Waals surface area contributed by atoms with Crippen LogP contribution in [0.4, 0.5) is 5.69 Å². The third kappa shape index (κ3) is 3.20. The summed E-state index contributed by atoms with van der Waals surface area (Å²) in [5.41, 5.74) is 2.04. The first-order valence-electron chi connectivity index (χ1n) is 5.91. The van der Waals surface area contributed by atoms with Crippen molar-refractivity contribution < 1.29 is 9.53 Å². The summed E-state index contributed by atoms with van der Waals surface area (Å²) in [6, 6.07) is 7.87. The van der Waals surface area contributed by atoms with Crippen LogP contribution in [0.3, 0.4) is 0 Å². The van der Waals surface area contributed by atoms with Gasteiger partial charge in [0.05, 0.1) is 19.0 Å². The third-order valence-electron chi connectivity index (χ3n) is 2.65. The molecule has 4 nitrogen and oxygen atoms in total. The molecule has 94 valence electrons. The minimum atomic E-state index is -0.234. The van der Waals surface area contributed by atoms with Crippen molar-refractivity contribution >= 4 is 17.9 Å². The lowest BCUT2D eigenvalue weighted by atomic mass is 10.1. The first-order chi connectivity index (χ1) is 8.79. The van der Waals surface area contributed by atoms with Gasteiger partial charge < -0.3 is 10.1 Å². The van der Waals surface area contributed by atoms with Crippen molar-refractivity contribution in [1.82, 2.24) is 0 Å². The van der Waals surface area contributed by atoms with E-state index >= 15 is 0 Å². The lowest BCUT2D eigenvalue weighted by Crippen LogP contribution is -2.26. The molecule has 1 unspecified atom stereocenters. The molecule has 2 rings (SSSR count). The van der Waals surface area contributed by atoms with Crippen LogP contribution in [-0.4, -0.2) is 31.4 Å². The van der Waals surface area contributed by atoms with Crippen LogP contribution in [-0.2, 0) is 9.53 Å². The predicted octanol–water partition coefficient (Wildman–Crippen LogP) is 2.02. The van der Waals surface area contributed by atoms with E-state index in [0.717, 1.165) is 11.3 Å². The molecular formula is C14H16N2O2. The highest BCUT2D eigenvalue weighted by molar-refractivity contribution is 5.88. The molecule has 0 saturated heterocycles. The highest BCUT2D eigenvalue weighted by atomic mass is 16.5. The lowest BCUT2D eigenvalue weighted by Gasteiger charge is -2.16. The molecule has 1 aliphatic heterocycles. The summed E-state index contributed by atoms with van der Waals surface area (Å²) in [6.45, 7) is 4.33. The second-order valence-corrected chi connectivity index (χ2v) is 4.10. The van der Waals surface area contributed by atoms with Crippen LogP contribution in [0.5, 0.6) is 0 Å². The van der Waals surface area contributed by atoms with Crippen LogP contribution in [0.15, 0.2) is 41.9 Å². The Kier molecular flexibility index (Phi) is 4.12. The van der Waals surface area contributed by atoms with E-state index in [0.29, 0.717) is 13.0 Å². The van der Waals surface area contributed by atoms with Crippen molar-refractivity contribution in [3.63, 3.8) is 0 Å². The molecule has 0 fully saturated rings. The number of aliphatic imine (C=N–C) groups is 1. The maximum atomic E-state index is 11.5. The fourth-order valence-corrected chi connectivity index (χ4v) is 1.81. The third-order valence-corrected chi connectivity index (χ3v) is 2.65. The standard InChI is InChI=1S/C14H16N2O2/c1-2-7-18-14(17)8-12-10-15-9-11-5-3-4-6-13(11)16-12/h2-6,9,12,16H,1,7-8,10H2. The van der Waals surface area contributed by atoms with E-state index in [9.17, 15) is 4.79 Å². The van der Waals surface area contributed by atoms with E-state index in [2.05, 4.69) is 16.9 Å². The van der Waals surface area contributed by atoms with Crippen molar-refractivity contribution in [2.24, 2.45) is 4.99 Å². The minimum Gasteiger partial charge on any atom is -0.461 e. The van der Waals surface area contributed by atoms with Crippen LogP contribution in [0.1, 0.15) is 12.0 Å². The number of carbonyl (C=O) groups excluding carboxylic acids is 1. The SMILES string of the molecule is C=CCOC(=O)CC1CN=Cc2ccccc2N1. The predicted molar refractivity (Wildman–Crippen MR) is 72.1 cm³/mol. The second kappa shape index (κ2) is 6.00. The van der Waals surface area contributed by atoms with Gasteiger partial charge >= 0.3 is 5.97 Å². The Labute approximate surface area is 106 Å². The molecule has 0 spiro atoms. The van der Waals surface area contributed by atoms with E-state index in [1.54, 1.807) is 6.08 Å². The monoisotopic (exact) mass is 244 g/mol. The molecule has 0 aromatic heterocycles. The Morgan fingerprint density at radius 3 is 3.22 bits per heavy atom. The van der Waals surface area contributed by atoms with Gasteiger partial charge in [-0.1, -0.05) is 30.9 Å². The number of benzodiazepines with no additional fused rings is 1. The molecule has 0 aliphatic carbocycles. The van der Waals surface area contributed by atoms with Crippen molar-refractivity contribution in [3.05, 3.63) is 42.5 Å². The van der Waals surface area contributed by atoms with Crippen molar-refractivity contribution in [2.45, 2.75) is 12.5 Å². The summed E-state index contributed by atoms with van der Waals surface area (Å²) in [6.07, 6.45) is 3.70. The fourth-order valence-electron chi connectivity index (χ4n) is 1.81. The fraction of sp³-hybridized carbons (Fsp3) is 0.286. The van der Waals surface area contributed by atoms with Crippen molar-refractivity contribution in [3.8, 4) is 0 Å². The van der Waals surface area contributed by atoms with Gasteiger partial charge in [0.15, 0.2) is 0 Å². The number of carbonyl (C=O) groups is 1. The average Bonchev–Trinajstić information content (AvgIpc) is 2.57. The molecule has 1 heterocycles. The van der Waals surface area contributed by atoms with E-state index in [-0.39, 0.29) is 18.6 Å². The Balaban J connectivity index is 1.99. The molecule has 0 radical (unpaired) electrons. The van der Waals surface area contributed by atoms with Gasteiger partial charge in [-0.2, -0.15) is 0 Å². The van der Waals surface area contributed by atoms with Crippen molar-refractivity contribution in [2.75, 3.05) is 18.5 Å². The zero-order chi connectivity index (χ0) is 12.8. The molecule has 1 atom stereocenters. The van der Waals surface area contributed by atoms with Gasteiger partial charge in [-0.05, 0) is 6.07 Å². The van der Waals surface area contributed by atoms with Gasteiger partial charge in [0.2, 0.25) is 0 Å². The smallest absolute Gasteiger partial charge is 0.308 e. The topological polar surface area (TPSA) is 50.7 Å². The minimum absolute atomic E-state index is 0.0257. The molecule has 1 aromatic rings. The Hall–Kier alpha value is -2.10. The lowest BCUT2D eigenvalue weighted by molar-refractivity contribution is -0.142. The summed E-state index contributed by atoms with van der Waals surface area (Å²) in [5, 5.41) is 3.32. The number of ether oxygens (including phenoxy) is 1. The highest BCUT2D eigenvalue weighted by Gasteiger charge is 2.17. The average molecular weight is 244 g/mol. The van der Waals surface area contributed by atoms with E-state index in [1.807, 2.05) is 30.5 Å². The van der Waals surface area contributed by atoms with Crippen molar-refractivity contribution in [1.29, 1.82) is 0 Å². The van der Waals surface area contributed by atoms with Gasteiger partial charge in [0.1, 0.15) is 6.61 Å². The zero-order valence-electron chi connectivity index (χ0n) is 10.1. The summed E-state index contributed by atoms with van der Waals surface area (Å²) in [4.78, 5) is 15.8. The summed E-state index contributed by atoms with van der Waals surface area (Å²) in [7, 11) is 0. The van der Waals surface area contributed by atoms with Gasteiger partial charge in [-0.25, -0.2) is 0 Å². The Morgan fingerprint density at radius 2 is 2.39 bits per heavy atom. The number of anilines is 1. The number of benzene rings is 1. The van der Waals surface area contributed by atoms with Gasteiger partial charge in [-0.3, -0.25) is 9.79 Å². The summed E-state index contributed by atoms with van der Waals surface area (Å²) >= 11 is 0. The van der Waals surface area contributed by atoms with E-state index in [1.165, 1.54) is 0 Å². The van der Waals surface area contributed by atoms with E-state index < -0.39 is 0 Å². The van der Waals surface area contributed by atoms with Gasteiger partial charge in [0, 0.05) is 17.5 Å². The molecule has 0 saturated carbocycles. The number of hydrogen-bond acceptors (Lipinski definition) is 4. The maximum Gasteiger partial charge on any atom is 0.308 e.